The molecule has 1 aromatic carbocycles. The SMILES string of the molecule is Oc1cccn2nc(Cc3ccc(Cl)cc3)nc12. The third-order valence-electron chi connectivity index (χ3n) is 2.66. The third-order valence-corrected chi connectivity index (χ3v) is 2.91. The van der Waals surface area contributed by atoms with Crippen molar-refractivity contribution in [2.45, 2.75) is 6.42 Å². The van der Waals surface area contributed by atoms with Crippen molar-refractivity contribution in [3.05, 3.63) is 59.0 Å². The number of benzene rings is 1. The molecule has 0 unspecified atom stereocenters. The highest BCUT2D eigenvalue weighted by molar-refractivity contribution is 6.30. The third kappa shape index (κ3) is 2.02. The Balaban J connectivity index is 1.95. The van der Waals surface area contributed by atoms with Gasteiger partial charge in [0.1, 0.15) is 0 Å². The van der Waals surface area contributed by atoms with Crippen LogP contribution in [0.25, 0.3) is 5.65 Å². The lowest BCUT2D eigenvalue weighted by atomic mass is 10.1. The van der Waals surface area contributed by atoms with Crippen LogP contribution in [0.5, 0.6) is 5.75 Å². The molecule has 0 bridgehead atoms. The normalized spacial score (nSPS) is 10.9. The van der Waals surface area contributed by atoms with E-state index in [0.717, 1.165) is 5.56 Å². The van der Waals surface area contributed by atoms with E-state index in [1.165, 1.54) is 0 Å². The molecule has 2 aromatic heterocycles. The number of hydrogen-bond donors (Lipinski definition) is 1. The summed E-state index contributed by atoms with van der Waals surface area (Å²) in [6.45, 7) is 0. The second-order valence-electron chi connectivity index (χ2n) is 3.99. The van der Waals surface area contributed by atoms with Crippen LogP contribution in [0.4, 0.5) is 0 Å². The summed E-state index contributed by atoms with van der Waals surface area (Å²) < 4.78 is 1.57. The Morgan fingerprint density at radius 2 is 1.94 bits per heavy atom. The first-order chi connectivity index (χ1) is 8.72. The Labute approximate surface area is 108 Å². The zero-order chi connectivity index (χ0) is 12.5. The molecule has 90 valence electrons. The van der Waals surface area contributed by atoms with Gasteiger partial charge in [-0.1, -0.05) is 23.7 Å². The molecule has 3 rings (SSSR count). The largest absolute Gasteiger partial charge is 0.504 e. The molecular formula is C13H10ClN3O. The predicted molar refractivity (Wildman–Crippen MR) is 68.9 cm³/mol. The lowest BCUT2D eigenvalue weighted by Crippen LogP contribution is -1.91. The van der Waals surface area contributed by atoms with E-state index < -0.39 is 0 Å². The van der Waals surface area contributed by atoms with Crippen LogP contribution in [-0.4, -0.2) is 19.7 Å². The summed E-state index contributed by atoms with van der Waals surface area (Å²) in [6, 6.07) is 10.9. The molecule has 0 saturated heterocycles. The molecule has 0 spiro atoms. The lowest BCUT2D eigenvalue weighted by molar-refractivity contribution is 0.477. The standard InChI is InChI=1S/C13H10ClN3O/c14-10-5-3-9(4-6-10)8-12-15-13-11(18)2-1-7-17(13)16-12/h1-7,18H,8H2. The molecule has 0 aliphatic carbocycles. The summed E-state index contributed by atoms with van der Waals surface area (Å²) in [4.78, 5) is 4.30. The second kappa shape index (κ2) is 4.31. The van der Waals surface area contributed by atoms with Crippen molar-refractivity contribution in [3.8, 4) is 5.75 Å². The molecule has 0 radical (unpaired) electrons. The summed E-state index contributed by atoms with van der Waals surface area (Å²) in [6.07, 6.45) is 2.37. The molecule has 0 amide bonds. The van der Waals surface area contributed by atoms with Gasteiger partial charge in [0.2, 0.25) is 0 Å². The molecule has 0 aliphatic heterocycles. The zero-order valence-electron chi connectivity index (χ0n) is 9.42. The highest BCUT2D eigenvalue weighted by atomic mass is 35.5. The molecule has 5 heteroatoms. The van der Waals surface area contributed by atoms with Crippen LogP contribution < -0.4 is 0 Å². The molecule has 18 heavy (non-hydrogen) atoms. The minimum atomic E-state index is 0.132. The van der Waals surface area contributed by atoms with Gasteiger partial charge in [0.25, 0.3) is 0 Å². The van der Waals surface area contributed by atoms with E-state index in [4.69, 9.17) is 11.6 Å². The molecule has 1 N–H and O–H groups in total. The van der Waals surface area contributed by atoms with Crippen molar-refractivity contribution >= 4 is 17.2 Å². The minimum absolute atomic E-state index is 0.132. The fraction of sp³-hybridized carbons (Fsp3) is 0.0769. The molecule has 0 aliphatic rings. The van der Waals surface area contributed by atoms with Gasteiger partial charge < -0.3 is 5.11 Å². The first-order valence-corrected chi connectivity index (χ1v) is 5.88. The monoisotopic (exact) mass is 259 g/mol. The van der Waals surface area contributed by atoms with Crippen LogP contribution in [-0.2, 0) is 6.42 Å². The van der Waals surface area contributed by atoms with Gasteiger partial charge in [-0.15, -0.1) is 0 Å². The molecule has 0 fully saturated rings. The number of pyridine rings is 1. The van der Waals surface area contributed by atoms with Crippen molar-refractivity contribution in [1.29, 1.82) is 0 Å². The van der Waals surface area contributed by atoms with Gasteiger partial charge in [-0.05, 0) is 29.8 Å². The topological polar surface area (TPSA) is 50.4 Å². The highest BCUT2D eigenvalue weighted by Crippen LogP contribution is 2.17. The van der Waals surface area contributed by atoms with E-state index in [1.807, 2.05) is 24.3 Å². The first kappa shape index (κ1) is 11.0. The Kier molecular flexibility index (Phi) is 2.64. The van der Waals surface area contributed by atoms with E-state index in [-0.39, 0.29) is 5.75 Å². The maximum Gasteiger partial charge on any atom is 0.197 e. The highest BCUT2D eigenvalue weighted by Gasteiger charge is 2.07. The van der Waals surface area contributed by atoms with Crippen molar-refractivity contribution in [3.63, 3.8) is 0 Å². The van der Waals surface area contributed by atoms with Crippen molar-refractivity contribution in [1.82, 2.24) is 14.6 Å². The Morgan fingerprint density at radius 3 is 2.67 bits per heavy atom. The number of rotatable bonds is 2. The van der Waals surface area contributed by atoms with Crippen molar-refractivity contribution < 1.29 is 5.11 Å². The van der Waals surface area contributed by atoms with Crippen LogP contribution in [0.3, 0.4) is 0 Å². The quantitative estimate of drug-likeness (QED) is 0.770. The Morgan fingerprint density at radius 1 is 1.17 bits per heavy atom. The fourth-order valence-corrected chi connectivity index (χ4v) is 1.92. The molecular weight excluding hydrogens is 250 g/mol. The average Bonchev–Trinajstić information content (AvgIpc) is 2.76. The summed E-state index contributed by atoms with van der Waals surface area (Å²) in [5.74, 6) is 0.797. The molecule has 4 nitrogen and oxygen atoms in total. The van der Waals surface area contributed by atoms with Crippen molar-refractivity contribution in [2.24, 2.45) is 0 Å². The second-order valence-corrected chi connectivity index (χ2v) is 4.43. The minimum Gasteiger partial charge on any atom is -0.504 e. The van der Waals surface area contributed by atoms with Crippen LogP contribution >= 0.6 is 11.6 Å². The smallest absolute Gasteiger partial charge is 0.197 e. The maximum absolute atomic E-state index is 9.65. The van der Waals surface area contributed by atoms with Crippen LogP contribution in [0.1, 0.15) is 11.4 Å². The van der Waals surface area contributed by atoms with Crippen LogP contribution in [0, 0.1) is 0 Å². The van der Waals surface area contributed by atoms with Gasteiger partial charge in [-0.2, -0.15) is 5.10 Å². The van der Waals surface area contributed by atoms with Gasteiger partial charge in [-0.25, -0.2) is 9.50 Å². The Bertz CT molecular complexity index is 691. The van der Waals surface area contributed by atoms with Crippen LogP contribution in [0.2, 0.25) is 5.02 Å². The van der Waals surface area contributed by atoms with E-state index in [2.05, 4.69) is 10.1 Å². The summed E-state index contributed by atoms with van der Waals surface area (Å²) in [7, 11) is 0. The summed E-state index contributed by atoms with van der Waals surface area (Å²) >= 11 is 5.83. The van der Waals surface area contributed by atoms with E-state index in [0.29, 0.717) is 22.9 Å². The number of aromatic hydroxyl groups is 1. The average molecular weight is 260 g/mol. The number of hydrogen-bond acceptors (Lipinski definition) is 3. The van der Waals surface area contributed by atoms with Crippen LogP contribution in [0.15, 0.2) is 42.6 Å². The number of nitrogens with zero attached hydrogens (tertiary/aromatic N) is 3. The lowest BCUT2D eigenvalue weighted by Gasteiger charge is -1.96. The zero-order valence-corrected chi connectivity index (χ0v) is 10.2. The number of halogens is 1. The predicted octanol–water partition coefficient (Wildman–Crippen LogP) is 2.68. The number of fused-ring (bicyclic) bond motifs is 1. The summed E-state index contributed by atoms with van der Waals surface area (Å²) in [5.41, 5.74) is 1.55. The molecule has 0 saturated carbocycles. The maximum atomic E-state index is 9.65. The van der Waals surface area contributed by atoms with Gasteiger partial charge in [0.15, 0.2) is 17.2 Å². The van der Waals surface area contributed by atoms with E-state index in [9.17, 15) is 5.11 Å². The van der Waals surface area contributed by atoms with Gasteiger partial charge in [0.05, 0.1) is 0 Å². The van der Waals surface area contributed by atoms with Crippen molar-refractivity contribution in [2.75, 3.05) is 0 Å². The van der Waals surface area contributed by atoms with E-state index >= 15 is 0 Å². The molecule has 0 atom stereocenters. The van der Waals surface area contributed by atoms with E-state index in [1.54, 1.807) is 22.8 Å². The first-order valence-electron chi connectivity index (χ1n) is 5.50. The molecule has 2 heterocycles. The van der Waals surface area contributed by atoms with Gasteiger partial charge in [-0.3, -0.25) is 0 Å². The summed E-state index contributed by atoms with van der Waals surface area (Å²) in [5, 5.41) is 14.7. The fourth-order valence-electron chi connectivity index (χ4n) is 1.80. The van der Waals surface area contributed by atoms with Gasteiger partial charge in [0, 0.05) is 17.6 Å². The number of aromatic nitrogens is 3. The Hall–Kier alpha value is -2.07. The molecule has 3 aromatic rings. The van der Waals surface area contributed by atoms with Gasteiger partial charge >= 0.3 is 0 Å².